The lowest BCUT2D eigenvalue weighted by Crippen LogP contribution is -2.24. The van der Waals surface area contributed by atoms with Gasteiger partial charge < -0.3 is 10.4 Å². The number of carbonyl (C=O) groups is 2. The van der Waals surface area contributed by atoms with Crippen LogP contribution in [0.2, 0.25) is 0 Å². The number of hydrogen-bond donors (Lipinski definition) is 2. The van der Waals surface area contributed by atoms with Gasteiger partial charge in [0, 0.05) is 18.6 Å². The lowest BCUT2D eigenvalue weighted by Gasteiger charge is -2.03. The molecule has 0 bridgehead atoms. The molecular formula is C11H9F2NO3. The number of carboxylic acid groups (broad SMARTS) is 1. The number of benzene rings is 1. The molecule has 17 heavy (non-hydrogen) atoms. The van der Waals surface area contributed by atoms with Crippen LogP contribution in [0.4, 0.5) is 8.78 Å². The summed E-state index contributed by atoms with van der Waals surface area (Å²) in [6, 6.07) is 2.69. The first-order valence-electron chi connectivity index (χ1n) is 4.58. The highest BCUT2D eigenvalue weighted by Gasteiger charge is 2.10. The Balaban J connectivity index is 3.12. The van der Waals surface area contributed by atoms with Crippen molar-refractivity contribution >= 4 is 18.0 Å². The molecule has 90 valence electrons. The maximum atomic E-state index is 13.2. The second-order valence-electron chi connectivity index (χ2n) is 3.21. The highest BCUT2D eigenvalue weighted by molar-refractivity contribution is 5.96. The number of amides is 1. The lowest BCUT2D eigenvalue weighted by molar-refractivity contribution is -0.134. The predicted octanol–water partition coefficient (Wildman–Crippen LogP) is 1.53. The van der Waals surface area contributed by atoms with Crippen molar-refractivity contribution in [3.05, 3.63) is 41.1 Å². The largest absolute Gasteiger partial charge is 0.477 e. The Kier molecular flexibility index (Phi) is 3.92. The number of carbonyl (C=O) groups excluding carboxylic acids is 1. The van der Waals surface area contributed by atoms with Crippen LogP contribution in [-0.2, 0) is 9.59 Å². The maximum absolute atomic E-state index is 13.2. The molecule has 0 aliphatic heterocycles. The Labute approximate surface area is 95.6 Å². The third kappa shape index (κ3) is 3.67. The van der Waals surface area contributed by atoms with Gasteiger partial charge in [0.2, 0.25) is 5.91 Å². The molecule has 0 spiro atoms. The predicted molar refractivity (Wildman–Crippen MR) is 55.8 cm³/mol. The van der Waals surface area contributed by atoms with Gasteiger partial charge in [0.1, 0.15) is 17.3 Å². The van der Waals surface area contributed by atoms with Crippen molar-refractivity contribution in [1.29, 1.82) is 0 Å². The van der Waals surface area contributed by atoms with Crippen LogP contribution in [0.25, 0.3) is 6.08 Å². The van der Waals surface area contributed by atoms with Crippen LogP contribution < -0.4 is 5.32 Å². The van der Waals surface area contributed by atoms with Crippen molar-refractivity contribution in [1.82, 2.24) is 5.32 Å². The Hall–Kier alpha value is -2.24. The van der Waals surface area contributed by atoms with E-state index in [9.17, 15) is 18.4 Å². The van der Waals surface area contributed by atoms with Gasteiger partial charge in [-0.3, -0.25) is 4.79 Å². The van der Waals surface area contributed by atoms with Gasteiger partial charge >= 0.3 is 5.97 Å². The average molecular weight is 241 g/mol. The molecular weight excluding hydrogens is 232 g/mol. The third-order valence-corrected chi connectivity index (χ3v) is 1.80. The van der Waals surface area contributed by atoms with Crippen LogP contribution in [0, 0.1) is 11.6 Å². The van der Waals surface area contributed by atoms with Gasteiger partial charge in [-0.1, -0.05) is 0 Å². The summed E-state index contributed by atoms with van der Waals surface area (Å²) < 4.78 is 25.8. The van der Waals surface area contributed by atoms with Crippen LogP contribution in [0.15, 0.2) is 23.9 Å². The molecule has 4 nitrogen and oxygen atoms in total. The fourth-order valence-corrected chi connectivity index (χ4v) is 1.11. The highest BCUT2D eigenvalue weighted by atomic mass is 19.1. The molecule has 0 heterocycles. The molecule has 0 aliphatic carbocycles. The van der Waals surface area contributed by atoms with E-state index in [1.807, 2.05) is 5.32 Å². The molecule has 0 radical (unpaired) electrons. The minimum absolute atomic E-state index is 0.127. The van der Waals surface area contributed by atoms with Crippen molar-refractivity contribution in [2.75, 3.05) is 0 Å². The van der Waals surface area contributed by atoms with E-state index in [0.717, 1.165) is 25.1 Å². The van der Waals surface area contributed by atoms with E-state index in [1.165, 1.54) is 0 Å². The third-order valence-electron chi connectivity index (χ3n) is 1.80. The quantitative estimate of drug-likeness (QED) is 0.788. The Morgan fingerprint density at radius 2 is 2.00 bits per heavy atom. The average Bonchev–Trinajstić information content (AvgIpc) is 2.19. The molecule has 1 aromatic rings. The summed E-state index contributed by atoms with van der Waals surface area (Å²) in [4.78, 5) is 21.5. The minimum atomic E-state index is -1.41. The number of hydrogen-bond acceptors (Lipinski definition) is 2. The molecule has 0 fully saturated rings. The van der Waals surface area contributed by atoms with Crippen molar-refractivity contribution in [2.24, 2.45) is 0 Å². The molecule has 0 atom stereocenters. The Bertz CT molecular complexity index is 497. The zero-order valence-electron chi connectivity index (χ0n) is 8.83. The fourth-order valence-electron chi connectivity index (χ4n) is 1.11. The second-order valence-corrected chi connectivity index (χ2v) is 3.21. The van der Waals surface area contributed by atoms with Crippen LogP contribution >= 0.6 is 0 Å². The topological polar surface area (TPSA) is 66.4 Å². The van der Waals surface area contributed by atoms with Gasteiger partial charge in [0.15, 0.2) is 0 Å². The first-order valence-corrected chi connectivity index (χ1v) is 4.58. The Morgan fingerprint density at radius 1 is 1.35 bits per heavy atom. The number of aliphatic carboxylic acids is 1. The van der Waals surface area contributed by atoms with E-state index in [-0.39, 0.29) is 5.56 Å². The van der Waals surface area contributed by atoms with Crippen molar-refractivity contribution in [3.63, 3.8) is 0 Å². The molecule has 2 N–H and O–H groups in total. The molecule has 0 saturated carbocycles. The van der Waals surface area contributed by atoms with Crippen molar-refractivity contribution in [2.45, 2.75) is 6.92 Å². The monoisotopic (exact) mass is 241 g/mol. The van der Waals surface area contributed by atoms with Gasteiger partial charge in [-0.2, -0.15) is 0 Å². The van der Waals surface area contributed by atoms with Crippen molar-refractivity contribution < 1.29 is 23.5 Å². The fraction of sp³-hybridized carbons (Fsp3) is 0.0909. The first kappa shape index (κ1) is 12.8. The minimum Gasteiger partial charge on any atom is -0.477 e. The van der Waals surface area contributed by atoms with Crippen LogP contribution in [0.5, 0.6) is 0 Å². The van der Waals surface area contributed by atoms with Gasteiger partial charge in [-0.05, 0) is 18.2 Å². The van der Waals surface area contributed by atoms with E-state index in [1.54, 1.807) is 0 Å². The summed E-state index contributed by atoms with van der Waals surface area (Å²) in [5.41, 5.74) is -0.611. The summed E-state index contributed by atoms with van der Waals surface area (Å²) in [5.74, 6) is -3.68. The van der Waals surface area contributed by atoms with Gasteiger partial charge in [-0.25, -0.2) is 13.6 Å². The lowest BCUT2D eigenvalue weighted by atomic mass is 10.1. The van der Waals surface area contributed by atoms with Gasteiger partial charge in [-0.15, -0.1) is 0 Å². The van der Waals surface area contributed by atoms with Gasteiger partial charge in [0.05, 0.1) is 0 Å². The van der Waals surface area contributed by atoms with E-state index < -0.39 is 29.2 Å². The molecule has 6 heteroatoms. The summed E-state index contributed by atoms with van der Waals surface area (Å²) in [6.07, 6.45) is 0.915. The molecule has 1 aromatic carbocycles. The van der Waals surface area contributed by atoms with Crippen LogP contribution in [0.3, 0.4) is 0 Å². The number of rotatable bonds is 3. The summed E-state index contributed by atoms with van der Waals surface area (Å²) in [6.45, 7) is 1.12. The van der Waals surface area contributed by atoms with E-state index >= 15 is 0 Å². The molecule has 1 rings (SSSR count). The van der Waals surface area contributed by atoms with E-state index in [0.29, 0.717) is 6.07 Å². The Morgan fingerprint density at radius 3 is 2.47 bits per heavy atom. The molecule has 0 aliphatic rings. The first-order chi connectivity index (χ1) is 7.90. The molecule has 0 saturated heterocycles. The second kappa shape index (κ2) is 5.20. The zero-order valence-corrected chi connectivity index (χ0v) is 8.83. The van der Waals surface area contributed by atoms with Crippen LogP contribution in [0.1, 0.15) is 12.5 Å². The summed E-state index contributed by atoms with van der Waals surface area (Å²) in [5, 5.41) is 10.8. The number of carboxylic acids is 1. The summed E-state index contributed by atoms with van der Waals surface area (Å²) >= 11 is 0. The normalized spacial score (nSPS) is 11.1. The standard InChI is InChI=1S/C11H9F2NO3/c1-6(15)14-10(11(16)17)4-7-2-3-8(12)5-9(7)13/h2-5H,1H3,(H,14,15)(H,16,17). The summed E-state index contributed by atoms with van der Waals surface area (Å²) in [7, 11) is 0. The van der Waals surface area contributed by atoms with Crippen LogP contribution in [-0.4, -0.2) is 17.0 Å². The maximum Gasteiger partial charge on any atom is 0.352 e. The number of nitrogens with one attached hydrogen (secondary N) is 1. The highest BCUT2D eigenvalue weighted by Crippen LogP contribution is 2.12. The molecule has 0 aromatic heterocycles. The van der Waals surface area contributed by atoms with E-state index in [2.05, 4.69) is 0 Å². The zero-order chi connectivity index (χ0) is 13.0. The molecule has 1 amide bonds. The van der Waals surface area contributed by atoms with E-state index in [4.69, 9.17) is 5.11 Å². The van der Waals surface area contributed by atoms with Gasteiger partial charge in [0.25, 0.3) is 0 Å². The number of halogens is 2. The molecule has 0 unspecified atom stereocenters. The SMILES string of the molecule is CC(=O)NC(=Cc1ccc(F)cc1F)C(=O)O. The van der Waals surface area contributed by atoms with Crippen molar-refractivity contribution in [3.8, 4) is 0 Å². The smallest absolute Gasteiger partial charge is 0.352 e.